The van der Waals surface area contributed by atoms with E-state index in [0.29, 0.717) is 30.7 Å². The maximum atomic E-state index is 14.7. The Morgan fingerprint density at radius 3 is 2.10 bits per heavy atom. The number of unbranched alkanes of at least 4 members (excludes halogenated alkanes) is 1. The minimum Gasteiger partial charge on any atom is -0.206 e. The molecule has 0 fully saturated rings. The Hall–Kier alpha value is -0.770. The van der Waals surface area contributed by atoms with Crippen LogP contribution in [0.4, 0.5) is 26.3 Å². The molecule has 0 aliphatic carbocycles. The zero-order chi connectivity index (χ0) is 22.2. The lowest BCUT2D eigenvalue weighted by Crippen LogP contribution is -2.23. The molecule has 0 amide bonds. The second kappa shape index (κ2) is 12.2. The number of alkyl halides is 3. The summed E-state index contributed by atoms with van der Waals surface area (Å²) < 4.78 is 81.7. The third kappa shape index (κ3) is 7.77. The number of rotatable bonds is 12. The van der Waals surface area contributed by atoms with Gasteiger partial charge in [-0.2, -0.15) is 13.2 Å². The van der Waals surface area contributed by atoms with E-state index in [1.807, 2.05) is 13.8 Å². The van der Waals surface area contributed by atoms with Gasteiger partial charge in [0.15, 0.2) is 11.6 Å². The van der Waals surface area contributed by atoms with E-state index in [1.54, 1.807) is 0 Å². The van der Waals surface area contributed by atoms with Gasteiger partial charge in [0, 0.05) is 5.30 Å². The van der Waals surface area contributed by atoms with Crippen LogP contribution in [0.5, 0.6) is 0 Å². The summed E-state index contributed by atoms with van der Waals surface area (Å²) >= 11 is 0. The van der Waals surface area contributed by atoms with Crippen molar-refractivity contribution in [2.45, 2.75) is 78.8 Å². The van der Waals surface area contributed by atoms with Gasteiger partial charge in [0.1, 0.15) is 11.4 Å². The fourth-order valence-electron chi connectivity index (χ4n) is 3.68. The van der Waals surface area contributed by atoms with Gasteiger partial charge in [-0.05, 0) is 36.6 Å². The van der Waals surface area contributed by atoms with Crippen LogP contribution in [-0.4, -0.2) is 12.3 Å². The molecule has 29 heavy (non-hydrogen) atoms. The van der Waals surface area contributed by atoms with Crippen LogP contribution in [0.2, 0.25) is 0 Å². The first kappa shape index (κ1) is 26.3. The molecule has 0 N–H and O–H groups in total. The van der Waals surface area contributed by atoms with Gasteiger partial charge in [0.25, 0.3) is 0 Å². The van der Waals surface area contributed by atoms with E-state index in [1.165, 1.54) is 0 Å². The second-order valence-corrected chi connectivity index (χ2v) is 10.3. The zero-order valence-electron chi connectivity index (χ0n) is 17.8. The van der Waals surface area contributed by atoms with Gasteiger partial charge in [-0.1, -0.05) is 74.1 Å². The van der Waals surface area contributed by atoms with Gasteiger partial charge in [0.2, 0.25) is 0 Å². The van der Waals surface area contributed by atoms with E-state index in [9.17, 15) is 26.3 Å². The monoisotopic (exact) mass is 442 g/mol. The van der Waals surface area contributed by atoms with Crippen LogP contribution in [0, 0.1) is 29.3 Å². The third-order valence-corrected chi connectivity index (χ3v) is 8.34. The van der Waals surface area contributed by atoms with Gasteiger partial charge in [0.05, 0.1) is 0 Å². The molecular formula is C22H33F6P. The van der Waals surface area contributed by atoms with E-state index in [4.69, 9.17) is 0 Å². The van der Waals surface area contributed by atoms with Crippen LogP contribution < -0.4 is 5.30 Å². The van der Waals surface area contributed by atoms with Crippen molar-refractivity contribution in [3.05, 3.63) is 29.1 Å². The van der Waals surface area contributed by atoms with Gasteiger partial charge >= 0.3 is 6.18 Å². The highest BCUT2D eigenvalue weighted by atomic mass is 31.1. The van der Waals surface area contributed by atoms with Crippen LogP contribution in [0.3, 0.4) is 0 Å². The molecule has 0 saturated heterocycles. The molecule has 168 valence electrons. The summed E-state index contributed by atoms with van der Waals surface area (Å²) in [5.74, 6) is -4.61. The topological polar surface area (TPSA) is 0 Å². The van der Waals surface area contributed by atoms with E-state index in [2.05, 4.69) is 13.8 Å². The lowest BCUT2D eigenvalue weighted by molar-refractivity contribution is -0.142. The van der Waals surface area contributed by atoms with Crippen molar-refractivity contribution in [1.29, 1.82) is 0 Å². The minimum absolute atomic E-state index is 0.186. The smallest absolute Gasteiger partial charge is 0.206 e. The Balaban J connectivity index is 3.11. The van der Waals surface area contributed by atoms with Crippen LogP contribution in [-0.2, 0) is 6.18 Å². The largest absolute Gasteiger partial charge is 0.422 e. The summed E-state index contributed by atoms with van der Waals surface area (Å²) in [6.45, 7) is 8.24. The molecule has 7 heteroatoms. The number of hydrogen-bond donors (Lipinski definition) is 0. The number of halogens is 6. The Bertz CT molecular complexity index is 629. The minimum atomic E-state index is -5.27. The lowest BCUT2D eigenvalue weighted by Gasteiger charge is -2.25. The first-order valence-corrected chi connectivity index (χ1v) is 12.3. The fourth-order valence-corrected chi connectivity index (χ4v) is 6.62. The van der Waals surface area contributed by atoms with Crippen molar-refractivity contribution >= 4 is 13.2 Å². The van der Waals surface area contributed by atoms with Gasteiger partial charge in [-0.25, -0.2) is 13.2 Å². The summed E-state index contributed by atoms with van der Waals surface area (Å²) in [4.78, 5) is 0. The van der Waals surface area contributed by atoms with Gasteiger partial charge in [-0.3, -0.25) is 0 Å². The molecule has 3 unspecified atom stereocenters. The zero-order valence-corrected chi connectivity index (χ0v) is 18.7. The highest BCUT2D eigenvalue weighted by Gasteiger charge is 2.41. The quantitative estimate of drug-likeness (QED) is 0.174. The third-order valence-electron chi connectivity index (χ3n) is 5.42. The van der Waals surface area contributed by atoms with Crippen molar-refractivity contribution in [3.63, 3.8) is 0 Å². The van der Waals surface area contributed by atoms with Crippen LogP contribution >= 0.6 is 7.92 Å². The predicted molar refractivity (Wildman–Crippen MR) is 110 cm³/mol. The fraction of sp³-hybridized carbons (Fsp3) is 0.727. The van der Waals surface area contributed by atoms with Crippen LogP contribution in [0.25, 0.3) is 0 Å². The normalized spacial score (nSPS) is 15.4. The molecule has 1 rings (SSSR count). The molecule has 0 heterocycles. The van der Waals surface area contributed by atoms with Crippen LogP contribution in [0.1, 0.15) is 78.2 Å². The van der Waals surface area contributed by atoms with E-state index < -0.39 is 37.1 Å². The van der Waals surface area contributed by atoms with E-state index in [0.717, 1.165) is 38.5 Å². The average molecular weight is 442 g/mol. The molecule has 0 aromatic heterocycles. The molecular weight excluding hydrogens is 409 g/mol. The summed E-state index contributed by atoms with van der Waals surface area (Å²) in [5, 5.41) is -0.285. The molecule has 0 aliphatic heterocycles. The van der Waals surface area contributed by atoms with Crippen molar-refractivity contribution in [2.75, 3.05) is 12.3 Å². The molecule has 0 aliphatic rings. The summed E-state index contributed by atoms with van der Waals surface area (Å²) in [6, 6.07) is 0.653. The standard InChI is InChI=1S/C22H33F6P/c1-5-8-12-29(14-15(4)10-11-16(7-3)9-6-2)18-13-17(23)20(24)19(21(18)25)22(26,27)28/h13,15-16H,5-12,14H2,1-4H3. The molecule has 0 saturated carbocycles. The molecule has 3 atom stereocenters. The number of hydrogen-bond acceptors (Lipinski definition) is 0. The van der Waals surface area contributed by atoms with Crippen molar-refractivity contribution in [1.82, 2.24) is 0 Å². The number of benzene rings is 1. The maximum Gasteiger partial charge on any atom is 0.422 e. The van der Waals surface area contributed by atoms with Crippen molar-refractivity contribution < 1.29 is 26.3 Å². The lowest BCUT2D eigenvalue weighted by atomic mass is 9.92. The van der Waals surface area contributed by atoms with Crippen molar-refractivity contribution in [3.8, 4) is 0 Å². The highest BCUT2D eigenvalue weighted by molar-refractivity contribution is 7.65. The average Bonchev–Trinajstić information content (AvgIpc) is 2.64. The molecule has 0 radical (unpaired) electrons. The van der Waals surface area contributed by atoms with Crippen LogP contribution in [0.15, 0.2) is 6.07 Å². The molecule has 0 spiro atoms. The van der Waals surface area contributed by atoms with E-state index >= 15 is 0 Å². The summed E-state index contributed by atoms with van der Waals surface area (Å²) in [5.41, 5.74) is -2.10. The molecule has 1 aromatic carbocycles. The Morgan fingerprint density at radius 1 is 0.931 bits per heavy atom. The summed E-state index contributed by atoms with van der Waals surface area (Å²) in [6.07, 6.45) is 2.55. The molecule has 0 bridgehead atoms. The maximum absolute atomic E-state index is 14.7. The first-order valence-electron chi connectivity index (χ1n) is 10.6. The molecule has 0 nitrogen and oxygen atoms in total. The SMILES string of the molecule is CCCCP(CC(C)CCC(CC)CCC)c1cc(F)c(F)c(C(F)(F)F)c1F. The predicted octanol–water partition coefficient (Wildman–Crippen LogP) is 8.27. The van der Waals surface area contributed by atoms with Crippen molar-refractivity contribution in [2.24, 2.45) is 11.8 Å². The summed E-state index contributed by atoms with van der Waals surface area (Å²) in [7, 11) is -1.34. The van der Waals surface area contributed by atoms with E-state index in [-0.39, 0.29) is 11.2 Å². The Kier molecular flexibility index (Phi) is 11.0. The molecule has 1 aromatic rings. The van der Waals surface area contributed by atoms with Gasteiger partial charge in [-0.15, -0.1) is 0 Å². The van der Waals surface area contributed by atoms with Gasteiger partial charge < -0.3 is 0 Å². The highest BCUT2D eigenvalue weighted by Crippen LogP contribution is 2.43. The second-order valence-electron chi connectivity index (χ2n) is 7.92. The first-order chi connectivity index (χ1) is 13.6. The Labute approximate surface area is 172 Å². The Morgan fingerprint density at radius 2 is 1.59 bits per heavy atom.